The van der Waals surface area contributed by atoms with Crippen molar-refractivity contribution in [3.63, 3.8) is 0 Å². The van der Waals surface area contributed by atoms with Crippen LogP contribution in [0.1, 0.15) is 25.3 Å². The lowest BCUT2D eigenvalue weighted by molar-refractivity contribution is -0.126. The molecule has 3 aromatic rings. The molecule has 0 spiro atoms. The van der Waals surface area contributed by atoms with Crippen molar-refractivity contribution in [2.75, 3.05) is 5.32 Å². The topological polar surface area (TPSA) is 84.2 Å². The zero-order valence-electron chi connectivity index (χ0n) is 16.3. The minimum Gasteiger partial charge on any atom is -0.354 e. The lowest BCUT2D eigenvalue weighted by Gasteiger charge is -2.17. The van der Waals surface area contributed by atoms with E-state index in [0.29, 0.717) is 18.6 Å². The van der Waals surface area contributed by atoms with Gasteiger partial charge in [0.15, 0.2) is 11.6 Å². The third-order valence-corrected chi connectivity index (χ3v) is 4.34. The van der Waals surface area contributed by atoms with E-state index in [9.17, 15) is 18.4 Å². The molecule has 0 radical (unpaired) electrons. The minimum absolute atomic E-state index is 0.185. The molecule has 0 saturated carbocycles. The van der Waals surface area contributed by atoms with Crippen molar-refractivity contribution in [2.45, 2.75) is 32.2 Å². The Morgan fingerprint density at radius 3 is 2.43 bits per heavy atom. The van der Waals surface area contributed by atoms with E-state index in [4.69, 9.17) is 4.52 Å². The predicted molar refractivity (Wildman–Crippen MR) is 107 cm³/mol. The van der Waals surface area contributed by atoms with Crippen molar-refractivity contribution in [2.24, 2.45) is 0 Å². The van der Waals surface area contributed by atoms with Crippen molar-refractivity contribution in [3.8, 4) is 11.3 Å². The molecule has 0 fully saturated rings. The van der Waals surface area contributed by atoms with Gasteiger partial charge in [-0.05, 0) is 24.1 Å². The molecule has 30 heavy (non-hydrogen) atoms. The third-order valence-electron chi connectivity index (χ3n) is 4.34. The summed E-state index contributed by atoms with van der Waals surface area (Å²) in [6.07, 6.45) is 0.782. The molecule has 0 aliphatic rings. The van der Waals surface area contributed by atoms with Crippen LogP contribution in [0, 0.1) is 11.6 Å². The van der Waals surface area contributed by atoms with Gasteiger partial charge >= 0.3 is 0 Å². The van der Waals surface area contributed by atoms with Crippen LogP contribution in [0.15, 0.2) is 59.1 Å². The molecule has 2 N–H and O–H groups in total. The van der Waals surface area contributed by atoms with Crippen molar-refractivity contribution in [1.29, 1.82) is 0 Å². The van der Waals surface area contributed by atoms with E-state index in [1.807, 2.05) is 37.3 Å². The van der Waals surface area contributed by atoms with Gasteiger partial charge in [0.25, 0.3) is 0 Å². The number of benzene rings is 2. The summed E-state index contributed by atoms with van der Waals surface area (Å²) in [6.45, 7) is 1.87. The number of carbonyl (C=O) groups excluding carboxylic acids is 2. The Morgan fingerprint density at radius 1 is 1.07 bits per heavy atom. The smallest absolute Gasteiger partial charge is 0.248 e. The largest absolute Gasteiger partial charge is 0.354 e. The van der Waals surface area contributed by atoms with Crippen LogP contribution in [0.25, 0.3) is 11.3 Å². The van der Waals surface area contributed by atoms with Crippen molar-refractivity contribution in [3.05, 3.63) is 71.8 Å². The first-order valence-electron chi connectivity index (χ1n) is 9.52. The normalized spacial score (nSPS) is 11.7. The van der Waals surface area contributed by atoms with Gasteiger partial charge in [0.2, 0.25) is 11.8 Å². The van der Waals surface area contributed by atoms with E-state index in [2.05, 4.69) is 15.8 Å². The maximum absolute atomic E-state index is 13.3. The van der Waals surface area contributed by atoms with E-state index >= 15 is 0 Å². The number of anilines is 1. The zero-order chi connectivity index (χ0) is 21.5. The molecule has 2 aromatic carbocycles. The fourth-order valence-corrected chi connectivity index (χ4v) is 2.99. The van der Waals surface area contributed by atoms with Gasteiger partial charge in [-0.15, -0.1) is 0 Å². The monoisotopic (exact) mass is 413 g/mol. The highest BCUT2D eigenvalue weighted by molar-refractivity contribution is 5.97. The van der Waals surface area contributed by atoms with Crippen LogP contribution in [0.2, 0.25) is 0 Å². The molecule has 156 valence electrons. The average Bonchev–Trinajstić information content (AvgIpc) is 3.16. The van der Waals surface area contributed by atoms with Crippen LogP contribution >= 0.6 is 0 Å². The molecule has 0 bridgehead atoms. The summed E-state index contributed by atoms with van der Waals surface area (Å²) in [4.78, 5) is 24.9. The molecule has 1 heterocycles. The number of aromatic nitrogens is 1. The number of amides is 2. The Bertz CT molecular complexity index is 1000. The van der Waals surface area contributed by atoms with E-state index in [1.54, 1.807) is 6.07 Å². The lowest BCUT2D eigenvalue weighted by atomic mass is 10.1. The number of nitrogens with one attached hydrogen (secondary N) is 2. The molecular weight excluding hydrogens is 392 g/mol. The summed E-state index contributed by atoms with van der Waals surface area (Å²) in [6, 6.07) is 12.9. The average molecular weight is 413 g/mol. The van der Waals surface area contributed by atoms with Crippen molar-refractivity contribution < 1.29 is 22.9 Å². The summed E-state index contributed by atoms with van der Waals surface area (Å²) >= 11 is 0. The minimum atomic E-state index is -0.821. The molecule has 0 aliphatic carbocycles. The summed E-state index contributed by atoms with van der Waals surface area (Å²) in [7, 11) is 0. The van der Waals surface area contributed by atoms with E-state index in [-0.39, 0.29) is 17.8 Å². The highest BCUT2D eigenvalue weighted by Gasteiger charge is 2.21. The third kappa shape index (κ3) is 5.73. The number of nitrogens with zero attached hydrogens (tertiary/aromatic N) is 1. The van der Waals surface area contributed by atoms with Gasteiger partial charge in [-0.2, -0.15) is 0 Å². The summed E-state index contributed by atoms with van der Waals surface area (Å²) < 4.78 is 31.9. The molecule has 2 amide bonds. The molecule has 1 aromatic heterocycles. The van der Waals surface area contributed by atoms with Gasteiger partial charge in [0, 0.05) is 17.7 Å². The van der Waals surface area contributed by atoms with Crippen LogP contribution in [-0.4, -0.2) is 23.0 Å². The summed E-state index contributed by atoms with van der Waals surface area (Å²) in [5, 5.41) is 9.07. The number of carbonyl (C=O) groups is 2. The SMILES string of the molecule is CCCC(NC(=O)Cc1cc(F)cc(F)c1)C(=O)Nc1cc(-c2ccccc2)on1. The maximum atomic E-state index is 13.3. The maximum Gasteiger partial charge on any atom is 0.248 e. The van der Waals surface area contributed by atoms with Gasteiger partial charge in [-0.3, -0.25) is 9.59 Å². The Kier molecular flexibility index (Phi) is 6.90. The Hall–Kier alpha value is -3.55. The lowest BCUT2D eigenvalue weighted by Crippen LogP contribution is -2.44. The Labute approximate surface area is 172 Å². The standard InChI is InChI=1S/C22H21F2N3O3/c1-2-6-18(25-21(28)11-14-9-16(23)12-17(24)10-14)22(29)26-20-13-19(30-27-20)15-7-4-3-5-8-15/h3-5,7-10,12-13,18H,2,6,11H2,1H3,(H,25,28)(H,26,27,29). The van der Waals surface area contributed by atoms with Gasteiger partial charge < -0.3 is 15.2 Å². The van der Waals surface area contributed by atoms with Crippen LogP contribution in [0.3, 0.4) is 0 Å². The molecule has 1 atom stereocenters. The van der Waals surface area contributed by atoms with Crippen LogP contribution < -0.4 is 10.6 Å². The van der Waals surface area contributed by atoms with Crippen molar-refractivity contribution in [1.82, 2.24) is 10.5 Å². The summed E-state index contributed by atoms with van der Waals surface area (Å²) in [5.41, 5.74) is 0.996. The number of halogens is 2. The van der Waals surface area contributed by atoms with Gasteiger partial charge in [-0.1, -0.05) is 48.8 Å². The number of hydrogen-bond acceptors (Lipinski definition) is 4. The molecule has 0 aliphatic heterocycles. The molecule has 8 heteroatoms. The van der Waals surface area contributed by atoms with Crippen LogP contribution in [0.4, 0.5) is 14.6 Å². The first kappa shape index (κ1) is 21.2. The second-order valence-corrected chi connectivity index (χ2v) is 6.79. The molecule has 0 saturated heterocycles. The second kappa shape index (κ2) is 9.78. The fourth-order valence-electron chi connectivity index (χ4n) is 2.99. The Morgan fingerprint density at radius 2 is 1.77 bits per heavy atom. The first-order chi connectivity index (χ1) is 14.4. The molecular formula is C22H21F2N3O3. The predicted octanol–water partition coefficient (Wildman–Crippen LogP) is 4.09. The van der Waals surface area contributed by atoms with E-state index in [0.717, 1.165) is 23.8 Å². The van der Waals surface area contributed by atoms with Gasteiger partial charge in [-0.25, -0.2) is 8.78 Å². The van der Waals surface area contributed by atoms with Crippen LogP contribution in [0.5, 0.6) is 0 Å². The van der Waals surface area contributed by atoms with E-state index in [1.165, 1.54) is 0 Å². The highest BCUT2D eigenvalue weighted by atomic mass is 19.1. The zero-order valence-corrected chi connectivity index (χ0v) is 16.3. The quantitative estimate of drug-likeness (QED) is 0.583. The molecule has 6 nitrogen and oxygen atoms in total. The fraction of sp³-hybridized carbons (Fsp3) is 0.227. The number of hydrogen-bond donors (Lipinski definition) is 2. The highest BCUT2D eigenvalue weighted by Crippen LogP contribution is 2.22. The summed E-state index contributed by atoms with van der Waals surface area (Å²) in [5.74, 6) is -1.78. The van der Waals surface area contributed by atoms with Crippen molar-refractivity contribution >= 4 is 17.6 Å². The van der Waals surface area contributed by atoms with Gasteiger partial charge in [0.05, 0.1) is 6.42 Å². The van der Waals surface area contributed by atoms with Crippen LogP contribution in [-0.2, 0) is 16.0 Å². The van der Waals surface area contributed by atoms with Gasteiger partial charge in [0.1, 0.15) is 17.7 Å². The number of rotatable bonds is 8. The van der Waals surface area contributed by atoms with E-state index < -0.39 is 29.5 Å². The first-order valence-corrected chi connectivity index (χ1v) is 9.52. The molecule has 3 rings (SSSR count). The second-order valence-electron chi connectivity index (χ2n) is 6.79. The molecule has 1 unspecified atom stereocenters. The Balaban J connectivity index is 1.63.